The number of esters is 1. The highest BCUT2D eigenvalue weighted by molar-refractivity contribution is 7.90. The van der Waals surface area contributed by atoms with Crippen molar-refractivity contribution in [3.8, 4) is 17.2 Å². The van der Waals surface area contributed by atoms with Crippen LogP contribution in [0.5, 0.6) is 17.2 Å². The Morgan fingerprint density at radius 2 is 1.50 bits per heavy atom. The minimum atomic E-state index is -3.93. The Bertz CT molecular complexity index is 3350. The monoisotopic (exact) mass is 1080 g/mol. The summed E-state index contributed by atoms with van der Waals surface area (Å²) in [6.45, 7) is 7.47. The molecule has 4 aliphatic rings. The molecule has 17 nitrogen and oxygen atoms in total. The molecule has 1 aliphatic carbocycles. The Balaban J connectivity index is 0.000000144. The van der Waals surface area contributed by atoms with Crippen molar-refractivity contribution < 1.29 is 52.0 Å². The molecule has 5 aromatic carbocycles. The van der Waals surface area contributed by atoms with Gasteiger partial charge in [-0.1, -0.05) is 92.9 Å². The predicted octanol–water partition coefficient (Wildman–Crippen LogP) is 8.90. The Labute approximate surface area is 455 Å². The van der Waals surface area contributed by atoms with Gasteiger partial charge in [-0.15, -0.1) is 0 Å². The largest absolute Gasteiger partial charge is 0.493 e. The van der Waals surface area contributed by atoms with Crippen LogP contribution in [0.25, 0.3) is 32.7 Å². The maximum absolute atomic E-state index is 12.8. The molecule has 2 aromatic heterocycles. The average molecular weight is 1090 g/mol. The number of benzene rings is 5. The second kappa shape index (κ2) is 24.4. The van der Waals surface area contributed by atoms with Crippen LogP contribution in [0.15, 0.2) is 120 Å². The first-order chi connectivity index (χ1) is 37.7. The van der Waals surface area contributed by atoms with E-state index in [2.05, 4.69) is 39.6 Å². The number of Topliss-reactive ketones (excluding diaryl/α,β-unsaturated/α-hetero) is 1. The van der Waals surface area contributed by atoms with E-state index >= 15 is 0 Å². The summed E-state index contributed by atoms with van der Waals surface area (Å²) in [6.07, 6.45) is 8.88. The lowest BCUT2D eigenvalue weighted by Gasteiger charge is -2.57. The number of para-hydroxylation sites is 4. The van der Waals surface area contributed by atoms with Gasteiger partial charge >= 0.3 is 12.0 Å². The van der Waals surface area contributed by atoms with Crippen LogP contribution in [0.4, 0.5) is 4.79 Å². The number of aromatic nitrogens is 2. The molecule has 414 valence electrons. The molecule has 2 amide bonds. The molecule has 11 rings (SSSR count). The maximum atomic E-state index is 12.8. The number of H-pyrrole nitrogens is 1. The number of nitrogens with one attached hydrogen (secondary N) is 4. The van der Waals surface area contributed by atoms with E-state index in [1.165, 1.54) is 49.2 Å². The first-order valence-corrected chi connectivity index (χ1v) is 28.6. The molecule has 0 bridgehead atoms. The molecule has 18 heteroatoms. The van der Waals surface area contributed by atoms with E-state index in [1.807, 2.05) is 88.2 Å². The number of aromatic amines is 1. The van der Waals surface area contributed by atoms with Crippen molar-refractivity contribution in [2.24, 2.45) is 5.41 Å². The summed E-state index contributed by atoms with van der Waals surface area (Å²) in [4.78, 5) is 41.8. The number of sulfonamides is 1. The van der Waals surface area contributed by atoms with Gasteiger partial charge in [0, 0.05) is 65.0 Å². The number of aliphatic hydroxyl groups is 2. The van der Waals surface area contributed by atoms with Crippen molar-refractivity contribution in [3.05, 3.63) is 132 Å². The number of fused-ring (bicyclic) bond motifs is 6. The van der Waals surface area contributed by atoms with Crippen LogP contribution in [0.3, 0.4) is 0 Å². The van der Waals surface area contributed by atoms with Gasteiger partial charge in [0.1, 0.15) is 25.1 Å². The predicted molar refractivity (Wildman–Crippen MR) is 300 cm³/mol. The molecule has 6 N–H and O–H groups in total. The normalized spacial score (nSPS) is 20.3. The van der Waals surface area contributed by atoms with Crippen LogP contribution in [0, 0.1) is 5.41 Å². The number of hydrogen-bond acceptors (Lipinski definition) is 13. The van der Waals surface area contributed by atoms with E-state index in [-0.39, 0.29) is 34.8 Å². The highest BCUT2D eigenvalue weighted by Gasteiger charge is 2.60. The van der Waals surface area contributed by atoms with Crippen LogP contribution in [-0.2, 0) is 31.7 Å². The van der Waals surface area contributed by atoms with Crippen molar-refractivity contribution in [3.63, 3.8) is 0 Å². The molecular weight excluding hydrogens is 1010 g/mol. The SMILES string of the molecule is CC(=O)c1ccc(S(=O)(=O)NC(=O)NC2CCCCC2)cc1.CC[C@]12CCCN3CCc4c(n(c5ccccc45)[C@@](O)(C(=O)OC)C1)[C@@H]32.COc1ccccc1OCCNCC(O)COc1cccc2[nH]c3ccccc3c12. The van der Waals surface area contributed by atoms with Crippen LogP contribution in [-0.4, -0.2) is 117 Å². The Kier molecular flexibility index (Phi) is 17.4. The molecule has 4 atom stereocenters. The molecule has 5 heterocycles. The molecule has 7 aromatic rings. The van der Waals surface area contributed by atoms with E-state index in [9.17, 15) is 33.0 Å². The second-order valence-electron chi connectivity index (χ2n) is 20.7. The second-order valence-corrected chi connectivity index (χ2v) is 22.4. The zero-order valence-electron chi connectivity index (χ0n) is 44.9. The Hall–Kier alpha value is -6.96. The summed E-state index contributed by atoms with van der Waals surface area (Å²) in [5, 5.41) is 31.2. The third kappa shape index (κ3) is 11.7. The third-order valence-corrected chi connectivity index (χ3v) is 17.2. The zero-order valence-corrected chi connectivity index (χ0v) is 45.7. The number of carbonyl (C=O) groups is 3. The number of aliphatic hydroxyl groups excluding tert-OH is 1. The summed E-state index contributed by atoms with van der Waals surface area (Å²) < 4.78 is 50.2. The number of carbonyl (C=O) groups excluding carboxylic acids is 3. The lowest BCUT2D eigenvalue weighted by Crippen LogP contribution is -2.60. The van der Waals surface area contributed by atoms with Crippen LogP contribution in [0.2, 0.25) is 0 Å². The van der Waals surface area contributed by atoms with Gasteiger partial charge in [-0.25, -0.2) is 22.7 Å². The van der Waals surface area contributed by atoms with E-state index in [1.54, 1.807) is 7.11 Å². The van der Waals surface area contributed by atoms with Crippen molar-refractivity contribution in [2.75, 3.05) is 53.6 Å². The van der Waals surface area contributed by atoms with Crippen molar-refractivity contribution in [2.45, 2.75) is 107 Å². The molecule has 1 saturated heterocycles. The first-order valence-electron chi connectivity index (χ1n) is 27.1. The van der Waals surface area contributed by atoms with Crippen molar-refractivity contribution in [1.29, 1.82) is 0 Å². The number of urea groups is 1. The van der Waals surface area contributed by atoms with Crippen LogP contribution in [0.1, 0.15) is 99.3 Å². The molecule has 1 unspecified atom stereocenters. The Morgan fingerprint density at radius 1 is 0.808 bits per heavy atom. The minimum absolute atomic E-state index is 0.0315. The number of nitrogens with zero attached hydrogens (tertiary/aromatic N) is 2. The molecule has 0 radical (unpaired) electrons. The van der Waals surface area contributed by atoms with Gasteiger partial charge in [-0.05, 0) is 112 Å². The molecular formula is C60H72N6O11S. The summed E-state index contributed by atoms with van der Waals surface area (Å²) >= 11 is 0. The minimum Gasteiger partial charge on any atom is -0.493 e. The number of rotatable bonds is 16. The quantitative estimate of drug-likeness (QED) is 0.0303. The van der Waals surface area contributed by atoms with Gasteiger partial charge in [-0.3, -0.25) is 9.69 Å². The highest BCUT2D eigenvalue weighted by Crippen LogP contribution is 2.60. The van der Waals surface area contributed by atoms with Gasteiger partial charge < -0.3 is 49.3 Å². The number of ketones is 1. The fourth-order valence-corrected chi connectivity index (χ4v) is 13.0. The molecule has 0 spiro atoms. The van der Waals surface area contributed by atoms with E-state index in [4.69, 9.17) is 18.9 Å². The number of methoxy groups -OCH3 is 2. The molecule has 1 saturated carbocycles. The fourth-order valence-electron chi connectivity index (χ4n) is 12.1. The van der Waals surface area contributed by atoms with Gasteiger partial charge in [-0.2, -0.15) is 0 Å². The summed E-state index contributed by atoms with van der Waals surface area (Å²) in [7, 11) is -0.936. The van der Waals surface area contributed by atoms with Crippen molar-refractivity contribution in [1.82, 2.24) is 29.8 Å². The number of hydrogen-bond donors (Lipinski definition) is 6. The Morgan fingerprint density at radius 3 is 2.23 bits per heavy atom. The van der Waals surface area contributed by atoms with E-state index in [0.717, 1.165) is 110 Å². The molecule has 3 aliphatic heterocycles. The van der Waals surface area contributed by atoms with E-state index in [0.29, 0.717) is 43.2 Å². The summed E-state index contributed by atoms with van der Waals surface area (Å²) in [5.41, 5.74) is 4.21. The summed E-state index contributed by atoms with van der Waals surface area (Å²) in [6, 6.07) is 34.8. The third-order valence-electron chi connectivity index (χ3n) is 15.8. The standard InChI is InChI=1S/C24H26N2O4.C21H26N2O3.C15H20N2O4S/c1-28-21-10-4-5-11-22(21)29-14-13-25-15-17(27)16-30-23-12-6-9-20-24(23)18-7-2-3-8-19(18)26-20;1-3-20-10-6-11-22-12-9-15-14-7-4-5-8-16(14)23(17(15)18(20)22)21(25,13-20)19(24)26-2;1-11(18)12-7-9-14(10-8-12)22(20,21)17-15(19)16-13-5-3-2-4-6-13/h2-12,17,25-27H,13-16H2,1H3;4-5,7-8,18,25H,3,6,9-13H2,1-2H3;7-10,13H,2-6H2,1H3,(H2,16,17,19)/t;18-,20+,21+;/m.1./s1. The maximum Gasteiger partial charge on any atom is 0.359 e. The van der Waals surface area contributed by atoms with Crippen LogP contribution < -0.4 is 29.6 Å². The van der Waals surface area contributed by atoms with Crippen LogP contribution >= 0.6 is 0 Å². The molecule has 2 fully saturated rings. The van der Waals surface area contributed by atoms with Gasteiger partial charge in [0.25, 0.3) is 10.0 Å². The number of amides is 2. The zero-order chi connectivity index (χ0) is 55.0. The highest BCUT2D eigenvalue weighted by atomic mass is 32.2. The number of ether oxygens (including phenoxy) is 4. The molecule has 78 heavy (non-hydrogen) atoms. The number of piperidine rings is 1. The lowest BCUT2D eigenvalue weighted by atomic mass is 9.62. The van der Waals surface area contributed by atoms with Gasteiger partial charge in [0.2, 0.25) is 5.72 Å². The fraction of sp³-hybridized carbons (Fsp3) is 0.417. The van der Waals surface area contributed by atoms with Crippen molar-refractivity contribution >= 4 is 60.5 Å². The topological polar surface area (TPSA) is 223 Å². The summed E-state index contributed by atoms with van der Waals surface area (Å²) in [5.74, 6) is 1.49. The van der Waals surface area contributed by atoms with Gasteiger partial charge in [0.15, 0.2) is 17.3 Å². The van der Waals surface area contributed by atoms with E-state index < -0.39 is 33.9 Å². The smallest absolute Gasteiger partial charge is 0.359 e. The lowest BCUT2D eigenvalue weighted by molar-refractivity contribution is -0.194. The van der Waals surface area contributed by atoms with Gasteiger partial charge in [0.05, 0.1) is 36.2 Å². The first kappa shape index (κ1) is 55.8. The average Bonchev–Trinajstić information content (AvgIpc) is 3.09.